The standard InChI is InChI=1S/C13H14N2O2S/c1-9(11-4-3-7-18-11)14-13(17)10-5-6-15(2)12(16)8-10/h3-9H,1-2H3,(H,14,17). The lowest BCUT2D eigenvalue weighted by atomic mass is 10.2. The number of thiophene rings is 1. The fourth-order valence-corrected chi connectivity index (χ4v) is 2.31. The molecule has 5 heteroatoms. The molecule has 1 N–H and O–H groups in total. The largest absolute Gasteiger partial charge is 0.345 e. The highest BCUT2D eigenvalue weighted by atomic mass is 32.1. The summed E-state index contributed by atoms with van der Waals surface area (Å²) in [5.74, 6) is -0.228. The molecule has 0 spiro atoms. The molecular weight excluding hydrogens is 248 g/mol. The molecule has 2 aromatic heterocycles. The fraction of sp³-hybridized carbons (Fsp3) is 0.231. The molecule has 0 aromatic carbocycles. The average Bonchev–Trinajstić information content (AvgIpc) is 2.86. The minimum Gasteiger partial charge on any atom is -0.345 e. The van der Waals surface area contributed by atoms with Crippen LogP contribution >= 0.6 is 11.3 Å². The van der Waals surface area contributed by atoms with Crippen molar-refractivity contribution in [3.8, 4) is 0 Å². The molecule has 18 heavy (non-hydrogen) atoms. The molecule has 2 rings (SSSR count). The van der Waals surface area contributed by atoms with Crippen LogP contribution in [0.2, 0.25) is 0 Å². The van der Waals surface area contributed by atoms with Crippen LogP contribution in [0.1, 0.15) is 28.2 Å². The summed E-state index contributed by atoms with van der Waals surface area (Å²) in [6.45, 7) is 1.92. The summed E-state index contributed by atoms with van der Waals surface area (Å²) in [6.07, 6.45) is 1.59. The molecule has 0 saturated carbocycles. The number of aryl methyl sites for hydroxylation is 1. The van der Waals surface area contributed by atoms with E-state index in [0.717, 1.165) is 4.88 Å². The number of hydrogen-bond donors (Lipinski definition) is 1. The summed E-state index contributed by atoms with van der Waals surface area (Å²) in [4.78, 5) is 24.5. The quantitative estimate of drug-likeness (QED) is 0.919. The van der Waals surface area contributed by atoms with Crippen molar-refractivity contribution < 1.29 is 4.79 Å². The van der Waals surface area contributed by atoms with E-state index in [9.17, 15) is 9.59 Å². The third-order valence-electron chi connectivity index (χ3n) is 2.68. The Morgan fingerprint density at radius 3 is 2.83 bits per heavy atom. The van der Waals surface area contributed by atoms with Gasteiger partial charge in [-0.2, -0.15) is 0 Å². The molecule has 1 amide bonds. The topological polar surface area (TPSA) is 51.1 Å². The lowest BCUT2D eigenvalue weighted by Crippen LogP contribution is -2.28. The number of nitrogens with zero attached hydrogens (tertiary/aromatic N) is 1. The molecule has 0 aliphatic heterocycles. The van der Waals surface area contributed by atoms with Gasteiger partial charge in [0.2, 0.25) is 0 Å². The van der Waals surface area contributed by atoms with Crippen LogP contribution in [0, 0.1) is 0 Å². The summed E-state index contributed by atoms with van der Waals surface area (Å²) in [7, 11) is 1.65. The number of carbonyl (C=O) groups excluding carboxylic acids is 1. The van der Waals surface area contributed by atoms with E-state index in [4.69, 9.17) is 0 Å². The minimum atomic E-state index is -0.228. The highest BCUT2D eigenvalue weighted by molar-refractivity contribution is 7.10. The maximum absolute atomic E-state index is 12.0. The maximum Gasteiger partial charge on any atom is 0.252 e. The van der Waals surface area contributed by atoms with Crippen LogP contribution in [-0.2, 0) is 7.05 Å². The second kappa shape index (κ2) is 5.18. The molecule has 0 aliphatic carbocycles. The number of pyridine rings is 1. The van der Waals surface area contributed by atoms with Gasteiger partial charge in [-0.3, -0.25) is 9.59 Å². The van der Waals surface area contributed by atoms with Gasteiger partial charge in [-0.25, -0.2) is 0 Å². The van der Waals surface area contributed by atoms with Gasteiger partial charge in [-0.15, -0.1) is 11.3 Å². The SMILES string of the molecule is CC(NC(=O)c1ccn(C)c(=O)c1)c1cccs1. The molecule has 0 radical (unpaired) electrons. The molecule has 1 unspecified atom stereocenters. The monoisotopic (exact) mass is 262 g/mol. The normalized spacial score (nSPS) is 12.1. The zero-order valence-corrected chi connectivity index (χ0v) is 11.0. The Kier molecular flexibility index (Phi) is 3.62. The Balaban J connectivity index is 2.12. The van der Waals surface area contributed by atoms with E-state index in [1.165, 1.54) is 10.6 Å². The second-order valence-corrected chi connectivity index (χ2v) is 5.05. The molecule has 94 valence electrons. The van der Waals surface area contributed by atoms with Crippen LogP contribution in [0.15, 0.2) is 40.6 Å². The van der Waals surface area contributed by atoms with Gasteiger partial charge in [-0.1, -0.05) is 6.07 Å². The molecule has 4 nitrogen and oxygen atoms in total. The van der Waals surface area contributed by atoms with Gasteiger partial charge >= 0.3 is 0 Å². The Morgan fingerprint density at radius 1 is 1.44 bits per heavy atom. The highest BCUT2D eigenvalue weighted by Crippen LogP contribution is 2.18. The van der Waals surface area contributed by atoms with E-state index >= 15 is 0 Å². The van der Waals surface area contributed by atoms with Crippen LogP contribution in [0.4, 0.5) is 0 Å². The van der Waals surface area contributed by atoms with Crippen LogP contribution in [0.5, 0.6) is 0 Å². The van der Waals surface area contributed by atoms with E-state index < -0.39 is 0 Å². The van der Waals surface area contributed by atoms with Gasteiger partial charge in [0, 0.05) is 29.8 Å². The van der Waals surface area contributed by atoms with Crippen molar-refractivity contribution in [3.63, 3.8) is 0 Å². The fourth-order valence-electron chi connectivity index (χ4n) is 1.58. The number of carbonyl (C=O) groups is 1. The predicted octanol–water partition coefficient (Wildman–Crippen LogP) is 1.94. The van der Waals surface area contributed by atoms with E-state index in [2.05, 4.69) is 5.32 Å². The molecular formula is C13H14N2O2S. The summed E-state index contributed by atoms with van der Waals surface area (Å²) in [6, 6.07) is 6.84. The maximum atomic E-state index is 12.0. The van der Waals surface area contributed by atoms with Gasteiger partial charge in [-0.05, 0) is 24.4 Å². The summed E-state index contributed by atoms with van der Waals surface area (Å²) in [5, 5.41) is 4.84. The van der Waals surface area contributed by atoms with Crippen molar-refractivity contribution >= 4 is 17.2 Å². The molecule has 2 aromatic rings. The van der Waals surface area contributed by atoms with E-state index in [1.807, 2.05) is 24.4 Å². The predicted molar refractivity (Wildman–Crippen MR) is 71.9 cm³/mol. The highest BCUT2D eigenvalue weighted by Gasteiger charge is 2.12. The molecule has 0 aliphatic rings. The van der Waals surface area contributed by atoms with Gasteiger partial charge in [0.25, 0.3) is 11.5 Å². The first kappa shape index (κ1) is 12.6. The van der Waals surface area contributed by atoms with Crippen LogP contribution < -0.4 is 10.9 Å². The van der Waals surface area contributed by atoms with Gasteiger partial charge in [0.1, 0.15) is 0 Å². The molecule has 0 saturated heterocycles. The zero-order chi connectivity index (χ0) is 13.1. The zero-order valence-electron chi connectivity index (χ0n) is 10.2. The summed E-state index contributed by atoms with van der Waals surface area (Å²) < 4.78 is 1.43. The van der Waals surface area contributed by atoms with Gasteiger partial charge in [0.05, 0.1) is 6.04 Å². The second-order valence-electron chi connectivity index (χ2n) is 4.08. The Morgan fingerprint density at radius 2 is 2.22 bits per heavy atom. The number of aromatic nitrogens is 1. The lowest BCUT2D eigenvalue weighted by Gasteiger charge is -2.12. The van der Waals surface area contributed by atoms with Crippen molar-refractivity contribution in [1.82, 2.24) is 9.88 Å². The van der Waals surface area contributed by atoms with Crippen molar-refractivity contribution in [2.45, 2.75) is 13.0 Å². The molecule has 1 atom stereocenters. The summed E-state index contributed by atoms with van der Waals surface area (Å²) >= 11 is 1.59. The smallest absolute Gasteiger partial charge is 0.252 e. The third kappa shape index (κ3) is 2.68. The number of amides is 1. The molecule has 2 heterocycles. The first-order chi connectivity index (χ1) is 8.58. The Bertz CT molecular complexity index is 602. The number of hydrogen-bond acceptors (Lipinski definition) is 3. The van der Waals surface area contributed by atoms with Crippen molar-refractivity contribution in [2.75, 3.05) is 0 Å². The average molecular weight is 262 g/mol. The minimum absolute atomic E-state index is 0.0541. The van der Waals surface area contributed by atoms with E-state index in [-0.39, 0.29) is 17.5 Å². The van der Waals surface area contributed by atoms with Gasteiger partial charge < -0.3 is 9.88 Å². The van der Waals surface area contributed by atoms with Crippen LogP contribution in [0.3, 0.4) is 0 Å². The van der Waals surface area contributed by atoms with Gasteiger partial charge in [0.15, 0.2) is 0 Å². The molecule has 0 bridgehead atoms. The van der Waals surface area contributed by atoms with E-state index in [0.29, 0.717) is 5.56 Å². The first-order valence-electron chi connectivity index (χ1n) is 5.59. The lowest BCUT2D eigenvalue weighted by molar-refractivity contribution is 0.0940. The molecule has 0 fully saturated rings. The van der Waals surface area contributed by atoms with Crippen molar-refractivity contribution in [2.24, 2.45) is 7.05 Å². The first-order valence-corrected chi connectivity index (χ1v) is 6.47. The summed E-state index contributed by atoms with van der Waals surface area (Å²) in [5.41, 5.74) is 0.202. The third-order valence-corrected chi connectivity index (χ3v) is 3.74. The van der Waals surface area contributed by atoms with Crippen LogP contribution in [0.25, 0.3) is 0 Å². The van der Waals surface area contributed by atoms with Crippen molar-refractivity contribution in [3.05, 3.63) is 56.6 Å². The number of rotatable bonds is 3. The van der Waals surface area contributed by atoms with Crippen molar-refractivity contribution in [1.29, 1.82) is 0 Å². The Hall–Kier alpha value is -1.88. The Labute approximate surface area is 109 Å². The number of nitrogens with one attached hydrogen (secondary N) is 1. The van der Waals surface area contributed by atoms with Crippen LogP contribution in [-0.4, -0.2) is 10.5 Å². The van der Waals surface area contributed by atoms with E-state index in [1.54, 1.807) is 30.6 Å².